The number of para-hydroxylation sites is 1. The number of hydrogen-bond donors (Lipinski definition) is 1. The Morgan fingerprint density at radius 1 is 1.38 bits per heavy atom. The lowest BCUT2D eigenvalue weighted by Crippen LogP contribution is -2.55. The molecule has 1 unspecified atom stereocenters. The predicted octanol–water partition coefficient (Wildman–Crippen LogP) is 1.92. The number of hydrogen-bond acceptors (Lipinski definition) is 5. The van der Waals surface area contributed by atoms with E-state index in [-0.39, 0.29) is 18.1 Å². The Kier molecular flexibility index (Phi) is 4.56. The molecule has 0 aliphatic carbocycles. The zero-order chi connectivity index (χ0) is 15.5. The minimum absolute atomic E-state index is 0.129. The Hall–Kier alpha value is -1.56. The van der Waals surface area contributed by atoms with E-state index in [9.17, 15) is 13.2 Å². The monoisotopic (exact) mass is 311 g/mol. The smallest absolute Gasteiger partial charge is 0.332 e. The molecule has 1 aromatic rings. The molecule has 1 saturated heterocycles. The number of benzene rings is 1. The molecule has 1 heterocycles. The molecule has 1 aliphatic heterocycles. The number of carbonyl (C=O) groups is 1. The van der Waals surface area contributed by atoms with E-state index in [1.807, 2.05) is 31.2 Å². The Labute approximate surface area is 125 Å². The zero-order valence-electron chi connectivity index (χ0n) is 12.4. The standard InChI is InChI=1S/C15H21NO4S/c1-3-20-14(17)15(9-6-10-21(18,19)11-15)16-13-8-5-4-7-12(13)2/h4-5,7-8,16H,3,6,9-11H2,1-2H3. The van der Waals surface area contributed by atoms with Crippen LogP contribution in [0.2, 0.25) is 0 Å². The summed E-state index contributed by atoms with van der Waals surface area (Å²) in [7, 11) is -3.25. The second kappa shape index (κ2) is 6.05. The molecule has 1 aromatic carbocycles. The number of rotatable bonds is 4. The lowest BCUT2D eigenvalue weighted by atomic mass is 9.94. The third-order valence-corrected chi connectivity index (χ3v) is 5.55. The first-order valence-corrected chi connectivity index (χ1v) is 8.92. The fourth-order valence-corrected chi connectivity index (χ4v) is 4.48. The molecular weight excluding hydrogens is 290 g/mol. The van der Waals surface area contributed by atoms with Crippen molar-refractivity contribution in [2.24, 2.45) is 0 Å². The number of anilines is 1. The van der Waals surface area contributed by atoms with Crippen LogP contribution in [0.1, 0.15) is 25.3 Å². The van der Waals surface area contributed by atoms with Crippen molar-refractivity contribution < 1.29 is 17.9 Å². The lowest BCUT2D eigenvalue weighted by molar-refractivity contribution is -0.148. The molecule has 6 heteroatoms. The van der Waals surface area contributed by atoms with Gasteiger partial charge in [0, 0.05) is 5.69 Å². The van der Waals surface area contributed by atoms with Crippen LogP contribution < -0.4 is 5.32 Å². The summed E-state index contributed by atoms with van der Waals surface area (Å²) in [5, 5.41) is 3.15. The Morgan fingerprint density at radius 2 is 2.10 bits per heavy atom. The van der Waals surface area contributed by atoms with E-state index in [4.69, 9.17) is 4.74 Å². The zero-order valence-corrected chi connectivity index (χ0v) is 13.2. The van der Waals surface area contributed by atoms with Gasteiger partial charge in [0.2, 0.25) is 0 Å². The summed E-state index contributed by atoms with van der Waals surface area (Å²) in [5.74, 6) is -0.576. The second-order valence-electron chi connectivity index (χ2n) is 5.44. The number of nitrogens with one attached hydrogen (secondary N) is 1. The fourth-order valence-electron chi connectivity index (χ4n) is 2.66. The maximum Gasteiger partial charge on any atom is 0.332 e. The summed E-state index contributed by atoms with van der Waals surface area (Å²) in [6, 6.07) is 7.51. The summed E-state index contributed by atoms with van der Waals surface area (Å²) in [4.78, 5) is 12.4. The van der Waals surface area contributed by atoms with E-state index < -0.39 is 21.3 Å². The number of ether oxygens (including phenoxy) is 1. The van der Waals surface area contributed by atoms with E-state index in [1.54, 1.807) is 6.92 Å². The summed E-state index contributed by atoms with van der Waals surface area (Å²) >= 11 is 0. The van der Waals surface area contributed by atoms with Crippen LogP contribution in [0.15, 0.2) is 24.3 Å². The Morgan fingerprint density at radius 3 is 2.71 bits per heavy atom. The van der Waals surface area contributed by atoms with Crippen LogP contribution >= 0.6 is 0 Å². The fraction of sp³-hybridized carbons (Fsp3) is 0.533. The van der Waals surface area contributed by atoms with Crippen LogP contribution in [0.3, 0.4) is 0 Å². The number of aryl methyl sites for hydroxylation is 1. The highest BCUT2D eigenvalue weighted by Crippen LogP contribution is 2.30. The van der Waals surface area contributed by atoms with Crippen LogP contribution in [-0.2, 0) is 19.4 Å². The highest BCUT2D eigenvalue weighted by molar-refractivity contribution is 7.91. The normalized spacial score (nSPS) is 24.3. The van der Waals surface area contributed by atoms with Crippen LogP contribution in [0, 0.1) is 6.92 Å². The van der Waals surface area contributed by atoms with Gasteiger partial charge in [0.15, 0.2) is 9.84 Å². The summed E-state index contributed by atoms with van der Waals surface area (Å²) < 4.78 is 29.1. The van der Waals surface area contributed by atoms with Gasteiger partial charge in [0.25, 0.3) is 0 Å². The molecule has 5 nitrogen and oxygen atoms in total. The quantitative estimate of drug-likeness (QED) is 0.860. The van der Waals surface area contributed by atoms with Crippen LogP contribution in [0.25, 0.3) is 0 Å². The van der Waals surface area contributed by atoms with Crippen molar-refractivity contribution in [3.8, 4) is 0 Å². The molecule has 1 aliphatic rings. The van der Waals surface area contributed by atoms with Crippen molar-refractivity contribution in [1.82, 2.24) is 0 Å². The van der Waals surface area contributed by atoms with Crippen molar-refractivity contribution in [2.45, 2.75) is 32.2 Å². The molecule has 0 aromatic heterocycles. The van der Waals surface area contributed by atoms with Crippen LogP contribution in [0.4, 0.5) is 5.69 Å². The highest BCUT2D eigenvalue weighted by atomic mass is 32.2. The Bertz CT molecular complexity index is 626. The Balaban J connectivity index is 2.37. The lowest BCUT2D eigenvalue weighted by Gasteiger charge is -2.36. The molecule has 1 N–H and O–H groups in total. The van der Waals surface area contributed by atoms with E-state index in [2.05, 4.69) is 5.32 Å². The number of sulfone groups is 1. The van der Waals surface area contributed by atoms with E-state index >= 15 is 0 Å². The predicted molar refractivity (Wildman–Crippen MR) is 82.1 cm³/mol. The van der Waals surface area contributed by atoms with Gasteiger partial charge in [-0.1, -0.05) is 18.2 Å². The SMILES string of the molecule is CCOC(=O)C1(Nc2ccccc2C)CCCS(=O)(=O)C1. The summed E-state index contributed by atoms with van der Waals surface area (Å²) in [5.41, 5.74) is 0.547. The van der Waals surface area contributed by atoms with Crippen molar-refractivity contribution >= 4 is 21.5 Å². The summed E-state index contributed by atoms with van der Waals surface area (Å²) in [6.07, 6.45) is 0.916. The molecular formula is C15H21NO4S. The molecule has 0 amide bonds. The first kappa shape index (κ1) is 15.8. The maximum atomic E-state index is 12.4. The molecule has 0 spiro atoms. The van der Waals surface area contributed by atoms with E-state index in [0.717, 1.165) is 11.3 Å². The van der Waals surface area contributed by atoms with Gasteiger partial charge in [0.05, 0.1) is 18.1 Å². The van der Waals surface area contributed by atoms with Crippen molar-refractivity contribution in [1.29, 1.82) is 0 Å². The van der Waals surface area contributed by atoms with Gasteiger partial charge in [0.1, 0.15) is 5.54 Å². The van der Waals surface area contributed by atoms with Gasteiger partial charge in [-0.2, -0.15) is 0 Å². The minimum atomic E-state index is -3.25. The van der Waals surface area contributed by atoms with E-state index in [1.165, 1.54) is 0 Å². The highest BCUT2D eigenvalue weighted by Gasteiger charge is 2.46. The van der Waals surface area contributed by atoms with Gasteiger partial charge in [-0.25, -0.2) is 13.2 Å². The molecule has 0 radical (unpaired) electrons. The van der Waals surface area contributed by atoms with E-state index in [0.29, 0.717) is 12.8 Å². The largest absolute Gasteiger partial charge is 0.464 e. The maximum absolute atomic E-state index is 12.4. The van der Waals surface area contributed by atoms with Gasteiger partial charge in [-0.3, -0.25) is 0 Å². The average molecular weight is 311 g/mol. The third-order valence-electron chi connectivity index (χ3n) is 3.71. The van der Waals surface area contributed by atoms with Crippen molar-refractivity contribution in [2.75, 3.05) is 23.4 Å². The first-order chi connectivity index (χ1) is 9.88. The van der Waals surface area contributed by atoms with Crippen LogP contribution in [0.5, 0.6) is 0 Å². The molecule has 0 saturated carbocycles. The van der Waals surface area contributed by atoms with Crippen molar-refractivity contribution in [3.05, 3.63) is 29.8 Å². The van der Waals surface area contributed by atoms with Gasteiger partial charge in [-0.05, 0) is 38.3 Å². The topological polar surface area (TPSA) is 72.5 Å². The molecule has 116 valence electrons. The average Bonchev–Trinajstić information content (AvgIpc) is 2.40. The van der Waals surface area contributed by atoms with Gasteiger partial charge >= 0.3 is 5.97 Å². The molecule has 2 rings (SSSR count). The molecule has 0 bridgehead atoms. The van der Waals surface area contributed by atoms with Gasteiger partial charge in [-0.15, -0.1) is 0 Å². The first-order valence-electron chi connectivity index (χ1n) is 7.10. The van der Waals surface area contributed by atoms with Crippen molar-refractivity contribution in [3.63, 3.8) is 0 Å². The van der Waals surface area contributed by atoms with Crippen LogP contribution in [-0.4, -0.2) is 38.0 Å². The minimum Gasteiger partial charge on any atom is -0.464 e. The van der Waals surface area contributed by atoms with Gasteiger partial charge < -0.3 is 10.1 Å². The second-order valence-corrected chi connectivity index (χ2v) is 7.62. The molecule has 1 atom stereocenters. The molecule has 1 fully saturated rings. The third kappa shape index (κ3) is 3.56. The number of esters is 1. The number of carbonyl (C=O) groups excluding carboxylic acids is 1. The molecule has 21 heavy (non-hydrogen) atoms. The summed E-state index contributed by atoms with van der Waals surface area (Å²) in [6.45, 7) is 3.87.